The summed E-state index contributed by atoms with van der Waals surface area (Å²) >= 11 is 0. The third-order valence-corrected chi connectivity index (χ3v) is 2.97. The Hall–Kier alpha value is -1.83. The van der Waals surface area contributed by atoms with E-state index >= 15 is 0 Å². The van der Waals surface area contributed by atoms with Gasteiger partial charge in [-0.2, -0.15) is 0 Å². The van der Waals surface area contributed by atoms with E-state index in [4.69, 9.17) is 9.84 Å². The van der Waals surface area contributed by atoms with Gasteiger partial charge in [0.1, 0.15) is 6.61 Å². The van der Waals surface area contributed by atoms with E-state index in [9.17, 15) is 4.79 Å². The third-order valence-electron chi connectivity index (χ3n) is 2.97. The number of amides is 1. The summed E-state index contributed by atoms with van der Waals surface area (Å²) in [5.41, 5.74) is 2.30. The number of carbonyl (C=O) groups excluding carboxylic acids is 1. The molecule has 1 rings (SSSR count). The van der Waals surface area contributed by atoms with Gasteiger partial charge in [0.05, 0.1) is 0 Å². The highest BCUT2D eigenvalue weighted by Crippen LogP contribution is 2.13. The van der Waals surface area contributed by atoms with Gasteiger partial charge in [0.25, 0.3) is 5.91 Å². The number of methoxy groups -OCH3 is 1. The van der Waals surface area contributed by atoms with E-state index in [0.717, 1.165) is 17.5 Å². The lowest BCUT2D eigenvalue weighted by Crippen LogP contribution is -2.29. The molecule has 0 aliphatic heterocycles. The average molecular weight is 275 g/mol. The number of nitrogens with zero attached hydrogens (tertiary/aromatic N) is 1. The fourth-order valence-corrected chi connectivity index (χ4v) is 1.82. The zero-order chi connectivity index (χ0) is 15.0. The van der Waals surface area contributed by atoms with E-state index < -0.39 is 0 Å². The zero-order valence-electron chi connectivity index (χ0n) is 12.3. The minimum absolute atomic E-state index is 0.0220. The maximum absolute atomic E-state index is 12.4. The van der Waals surface area contributed by atoms with Gasteiger partial charge in [-0.1, -0.05) is 17.9 Å². The van der Waals surface area contributed by atoms with Gasteiger partial charge in [0, 0.05) is 38.4 Å². The first kappa shape index (κ1) is 16.2. The summed E-state index contributed by atoms with van der Waals surface area (Å²) in [4.78, 5) is 14.1. The number of aliphatic hydroxyl groups is 1. The summed E-state index contributed by atoms with van der Waals surface area (Å²) in [5, 5.41) is 8.71. The molecule has 1 amide bonds. The van der Waals surface area contributed by atoms with E-state index in [-0.39, 0.29) is 12.5 Å². The number of carbonyl (C=O) groups is 1. The molecule has 0 saturated heterocycles. The zero-order valence-corrected chi connectivity index (χ0v) is 12.3. The van der Waals surface area contributed by atoms with Gasteiger partial charge in [-0.05, 0) is 31.0 Å². The topological polar surface area (TPSA) is 49.8 Å². The second-order valence-corrected chi connectivity index (χ2v) is 4.56. The Morgan fingerprint density at radius 3 is 2.85 bits per heavy atom. The molecular formula is C16H21NO3. The van der Waals surface area contributed by atoms with Crippen molar-refractivity contribution in [2.24, 2.45) is 0 Å². The van der Waals surface area contributed by atoms with Crippen molar-refractivity contribution in [3.8, 4) is 11.8 Å². The van der Waals surface area contributed by atoms with Gasteiger partial charge < -0.3 is 14.7 Å². The highest BCUT2D eigenvalue weighted by Gasteiger charge is 2.14. The molecule has 0 bridgehead atoms. The predicted molar refractivity (Wildman–Crippen MR) is 78.6 cm³/mol. The lowest BCUT2D eigenvalue weighted by Gasteiger charge is -2.18. The molecular weight excluding hydrogens is 254 g/mol. The molecule has 0 fully saturated rings. The second-order valence-electron chi connectivity index (χ2n) is 4.56. The average Bonchev–Trinajstić information content (AvgIpc) is 2.45. The van der Waals surface area contributed by atoms with Crippen LogP contribution in [0.3, 0.4) is 0 Å². The van der Waals surface area contributed by atoms with Gasteiger partial charge >= 0.3 is 0 Å². The molecule has 1 N–H and O–H groups in total. The summed E-state index contributed by atoms with van der Waals surface area (Å²) in [5.74, 6) is 5.38. The van der Waals surface area contributed by atoms with E-state index in [0.29, 0.717) is 18.7 Å². The van der Waals surface area contributed by atoms with Crippen molar-refractivity contribution in [2.45, 2.75) is 13.3 Å². The standard InChI is InChI=1S/C16H21NO3/c1-13-7-8-14(6-4-10-18)12-15(13)16(19)17(2)9-5-11-20-3/h7-8,12,18H,5,9-11H2,1-3H3. The monoisotopic (exact) mass is 275 g/mol. The van der Waals surface area contributed by atoms with Crippen LogP contribution in [-0.2, 0) is 4.74 Å². The SMILES string of the molecule is COCCCN(C)C(=O)c1cc(C#CCO)ccc1C. The summed E-state index contributed by atoms with van der Waals surface area (Å²) in [6, 6.07) is 5.49. The number of aryl methyl sites for hydroxylation is 1. The molecule has 0 spiro atoms. The molecule has 1 aromatic carbocycles. The van der Waals surface area contributed by atoms with Crippen molar-refractivity contribution >= 4 is 5.91 Å². The molecule has 1 aromatic rings. The summed E-state index contributed by atoms with van der Waals surface area (Å²) < 4.78 is 4.98. The maximum Gasteiger partial charge on any atom is 0.253 e. The van der Waals surface area contributed by atoms with Crippen molar-refractivity contribution in [1.29, 1.82) is 0 Å². The van der Waals surface area contributed by atoms with Gasteiger partial charge in [0.2, 0.25) is 0 Å². The van der Waals surface area contributed by atoms with Crippen LogP contribution in [0.25, 0.3) is 0 Å². The second kappa shape index (κ2) is 8.36. The number of hydrogen-bond donors (Lipinski definition) is 1. The van der Waals surface area contributed by atoms with E-state index in [2.05, 4.69) is 11.8 Å². The number of hydrogen-bond acceptors (Lipinski definition) is 3. The quantitative estimate of drug-likeness (QED) is 0.653. The molecule has 4 nitrogen and oxygen atoms in total. The summed E-state index contributed by atoms with van der Waals surface area (Å²) in [6.07, 6.45) is 0.807. The van der Waals surface area contributed by atoms with Crippen LogP contribution in [0.2, 0.25) is 0 Å². The Morgan fingerprint density at radius 1 is 1.45 bits per heavy atom. The maximum atomic E-state index is 12.4. The normalized spacial score (nSPS) is 9.80. The molecule has 108 valence electrons. The fraction of sp³-hybridized carbons (Fsp3) is 0.438. The van der Waals surface area contributed by atoms with Gasteiger partial charge in [-0.3, -0.25) is 4.79 Å². The van der Waals surface area contributed by atoms with Gasteiger partial charge in [-0.15, -0.1) is 0 Å². The Kier molecular flexibility index (Phi) is 6.78. The number of ether oxygens (including phenoxy) is 1. The predicted octanol–water partition coefficient (Wildman–Crippen LogP) is 1.45. The highest BCUT2D eigenvalue weighted by molar-refractivity contribution is 5.95. The molecule has 0 radical (unpaired) electrons. The van der Waals surface area contributed by atoms with E-state index in [1.165, 1.54) is 0 Å². The lowest BCUT2D eigenvalue weighted by atomic mass is 10.0. The largest absolute Gasteiger partial charge is 0.385 e. The molecule has 0 aromatic heterocycles. The Morgan fingerprint density at radius 2 is 2.20 bits per heavy atom. The molecule has 20 heavy (non-hydrogen) atoms. The van der Waals surface area contributed by atoms with E-state index in [1.807, 2.05) is 19.1 Å². The first-order valence-electron chi connectivity index (χ1n) is 6.55. The number of aliphatic hydroxyl groups excluding tert-OH is 1. The Balaban J connectivity index is 2.85. The highest BCUT2D eigenvalue weighted by atomic mass is 16.5. The number of benzene rings is 1. The van der Waals surface area contributed by atoms with Crippen LogP contribution < -0.4 is 0 Å². The first-order chi connectivity index (χ1) is 9.60. The van der Waals surface area contributed by atoms with Crippen LogP contribution in [-0.4, -0.2) is 49.8 Å². The van der Waals surface area contributed by atoms with Crippen LogP contribution >= 0.6 is 0 Å². The van der Waals surface area contributed by atoms with Crippen molar-refractivity contribution in [3.63, 3.8) is 0 Å². The molecule has 0 atom stereocenters. The van der Waals surface area contributed by atoms with Crippen molar-refractivity contribution in [2.75, 3.05) is 33.9 Å². The van der Waals surface area contributed by atoms with Crippen LogP contribution in [0.4, 0.5) is 0 Å². The van der Waals surface area contributed by atoms with Gasteiger partial charge in [0.15, 0.2) is 0 Å². The van der Waals surface area contributed by atoms with Crippen LogP contribution in [0, 0.1) is 18.8 Å². The minimum atomic E-state index is -0.186. The molecule has 4 heteroatoms. The third kappa shape index (κ3) is 4.69. The Bertz CT molecular complexity index is 514. The smallest absolute Gasteiger partial charge is 0.253 e. The van der Waals surface area contributed by atoms with Gasteiger partial charge in [-0.25, -0.2) is 0 Å². The molecule has 0 saturated carbocycles. The number of rotatable bonds is 5. The van der Waals surface area contributed by atoms with Crippen molar-refractivity contribution in [1.82, 2.24) is 4.90 Å². The van der Waals surface area contributed by atoms with Crippen molar-refractivity contribution < 1.29 is 14.6 Å². The first-order valence-corrected chi connectivity index (χ1v) is 6.55. The van der Waals surface area contributed by atoms with E-state index in [1.54, 1.807) is 25.1 Å². The van der Waals surface area contributed by atoms with Crippen LogP contribution in [0.1, 0.15) is 27.9 Å². The Labute approximate surface area is 120 Å². The minimum Gasteiger partial charge on any atom is -0.385 e. The molecule has 0 unspecified atom stereocenters. The van der Waals surface area contributed by atoms with Crippen LogP contribution in [0.5, 0.6) is 0 Å². The lowest BCUT2D eigenvalue weighted by molar-refractivity contribution is 0.0778. The van der Waals surface area contributed by atoms with Crippen LogP contribution in [0.15, 0.2) is 18.2 Å². The summed E-state index contributed by atoms with van der Waals surface area (Å²) in [7, 11) is 3.43. The fourth-order valence-electron chi connectivity index (χ4n) is 1.82. The molecule has 0 aliphatic carbocycles. The molecule has 0 heterocycles. The molecule has 0 aliphatic rings. The summed E-state index contributed by atoms with van der Waals surface area (Å²) in [6.45, 7) is 3.00. The van der Waals surface area contributed by atoms with Crippen molar-refractivity contribution in [3.05, 3.63) is 34.9 Å².